The molecule has 0 saturated heterocycles. The number of hydrogen-bond donors (Lipinski definition) is 0. The molecular formula is C19H21Cl2NO. The first-order valence-corrected chi connectivity index (χ1v) is 8.37. The molecule has 0 heterocycles. The number of carbonyl (C=O) groups excluding carboxylic acids is 1. The quantitative estimate of drug-likeness (QED) is 0.673. The van der Waals surface area contributed by atoms with E-state index in [9.17, 15) is 4.79 Å². The highest BCUT2D eigenvalue weighted by Crippen LogP contribution is 2.30. The summed E-state index contributed by atoms with van der Waals surface area (Å²) in [6.45, 7) is 2.03. The van der Waals surface area contributed by atoms with Crippen molar-refractivity contribution >= 4 is 29.0 Å². The van der Waals surface area contributed by atoms with E-state index in [-0.39, 0.29) is 5.78 Å². The molecule has 0 aliphatic carbocycles. The van der Waals surface area contributed by atoms with Gasteiger partial charge in [0.2, 0.25) is 0 Å². The summed E-state index contributed by atoms with van der Waals surface area (Å²) in [4.78, 5) is 15.3. The van der Waals surface area contributed by atoms with Gasteiger partial charge in [-0.25, -0.2) is 0 Å². The largest absolute Gasteiger partial charge is 0.297 e. The lowest BCUT2D eigenvalue weighted by Gasteiger charge is -2.38. The summed E-state index contributed by atoms with van der Waals surface area (Å²) in [5, 5.41) is 0.952. The molecule has 2 nitrogen and oxygen atoms in total. The third-order valence-corrected chi connectivity index (χ3v) is 4.76. The summed E-state index contributed by atoms with van der Waals surface area (Å²) in [6, 6.07) is 15.1. The first-order valence-electron chi connectivity index (χ1n) is 7.61. The number of rotatable bonds is 6. The van der Waals surface area contributed by atoms with Crippen LogP contribution >= 0.6 is 23.2 Å². The minimum absolute atomic E-state index is 0.0400. The molecular weight excluding hydrogens is 329 g/mol. The Kier molecular flexibility index (Phi) is 5.85. The summed E-state index contributed by atoms with van der Waals surface area (Å²) in [6.07, 6.45) is 1.33. The van der Waals surface area contributed by atoms with Crippen LogP contribution in [0.2, 0.25) is 10.0 Å². The van der Waals surface area contributed by atoms with E-state index in [1.807, 2.05) is 56.3 Å². The average molecular weight is 350 g/mol. The molecule has 2 rings (SSSR count). The summed E-state index contributed by atoms with van der Waals surface area (Å²) in [5.41, 5.74) is 1.05. The van der Waals surface area contributed by atoms with Gasteiger partial charge in [0, 0.05) is 15.6 Å². The average Bonchev–Trinajstić information content (AvgIpc) is 2.51. The van der Waals surface area contributed by atoms with Crippen LogP contribution in [-0.2, 0) is 6.42 Å². The van der Waals surface area contributed by atoms with Crippen LogP contribution in [0.15, 0.2) is 48.5 Å². The molecule has 1 unspecified atom stereocenters. The van der Waals surface area contributed by atoms with Crippen LogP contribution in [0, 0.1) is 0 Å². The van der Waals surface area contributed by atoms with E-state index in [4.69, 9.17) is 23.2 Å². The molecule has 0 bridgehead atoms. The molecule has 0 aliphatic rings. The zero-order valence-electron chi connectivity index (χ0n) is 13.6. The van der Waals surface area contributed by atoms with Crippen molar-refractivity contribution in [3.8, 4) is 0 Å². The van der Waals surface area contributed by atoms with Gasteiger partial charge in [-0.3, -0.25) is 9.69 Å². The van der Waals surface area contributed by atoms with Gasteiger partial charge in [0.25, 0.3) is 0 Å². The Labute approximate surface area is 148 Å². The summed E-state index contributed by atoms with van der Waals surface area (Å²) in [5.74, 6) is 0.0400. The monoisotopic (exact) mass is 349 g/mol. The van der Waals surface area contributed by atoms with Gasteiger partial charge in [0.05, 0.1) is 5.54 Å². The fourth-order valence-electron chi connectivity index (χ4n) is 2.93. The molecule has 0 fully saturated rings. The molecule has 0 amide bonds. The summed E-state index contributed by atoms with van der Waals surface area (Å²) >= 11 is 12.2. The van der Waals surface area contributed by atoms with Crippen LogP contribution in [0.5, 0.6) is 0 Å². The molecule has 4 heteroatoms. The van der Waals surface area contributed by atoms with Crippen molar-refractivity contribution in [2.45, 2.75) is 25.3 Å². The molecule has 0 radical (unpaired) electrons. The maximum atomic E-state index is 13.3. The first kappa shape index (κ1) is 18.0. The Balaban J connectivity index is 2.46. The SMILES string of the molecule is CCC(Cc1ccccc1)(C(=O)c1cc(Cl)cc(Cl)c1)N(C)C. The van der Waals surface area contributed by atoms with Crippen LogP contribution < -0.4 is 0 Å². The highest BCUT2D eigenvalue weighted by molar-refractivity contribution is 6.35. The number of halogens is 2. The number of nitrogens with zero attached hydrogens (tertiary/aromatic N) is 1. The zero-order valence-corrected chi connectivity index (χ0v) is 15.2. The minimum atomic E-state index is -0.630. The van der Waals surface area contributed by atoms with Crippen molar-refractivity contribution in [1.29, 1.82) is 0 Å². The van der Waals surface area contributed by atoms with Crippen molar-refractivity contribution in [2.75, 3.05) is 14.1 Å². The molecule has 0 N–H and O–H groups in total. The predicted octanol–water partition coefficient (Wildman–Crippen LogP) is 5.13. The molecule has 2 aromatic rings. The number of likely N-dealkylation sites (N-methyl/N-ethyl adjacent to an activating group) is 1. The van der Waals surface area contributed by atoms with Gasteiger partial charge in [-0.2, -0.15) is 0 Å². The van der Waals surface area contributed by atoms with Gasteiger partial charge in [-0.1, -0.05) is 60.5 Å². The topological polar surface area (TPSA) is 20.3 Å². The van der Waals surface area contributed by atoms with E-state index in [1.54, 1.807) is 18.2 Å². The van der Waals surface area contributed by atoms with Gasteiger partial charge >= 0.3 is 0 Å². The van der Waals surface area contributed by atoms with Crippen molar-refractivity contribution < 1.29 is 4.79 Å². The van der Waals surface area contributed by atoms with Gasteiger partial charge in [0.15, 0.2) is 5.78 Å². The molecule has 122 valence electrons. The van der Waals surface area contributed by atoms with Gasteiger partial charge < -0.3 is 0 Å². The maximum Gasteiger partial charge on any atom is 0.183 e. The Morgan fingerprint density at radius 3 is 2.09 bits per heavy atom. The number of carbonyl (C=O) groups is 1. The van der Waals surface area contributed by atoms with Gasteiger partial charge in [-0.15, -0.1) is 0 Å². The fraction of sp³-hybridized carbons (Fsp3) is 0.316. The van der Waals surface area contributed by atoms with E-state index >= 15 is 0 Å². The second kappa shape index (κ2) is 7.48. The predicted molar refractivity (Wildman–Crippen MR) is 97.6 cm³/mol. The third-order valence-electron chi connectivity index (χ3n) is 4.33. The Bertz CT molecular complexity index is 665. The standard InChI is InChI=1S/C19H21Cl2NO/c1-4-19(22(2)3,13-14-8-6-5-7-9-14)18(23)15-10-16(20)12-17(21)11-15/h5-12H,4,13H2,1-3H3. The molecule has 0 aliphatic heterocycles. The minimum Gasteiger partial charge on any atom is -0.297 e. The summed E-state index contributed by atoms with van der Waals surface area (Å²) < 4.78 is 0. The Hall–Kier alpha value is -1.35. The second-order valence-corrected chi connectivity index (χ2v) is 6.80. The van der Waals surface area contributed by atoms with Crippen LogP contribution in [0.4, 0.5) is 0 Å². The highest BCUT2D eigenvalue weighted by atomic mass is 35.5. The van der Waals surface area contributed by atoms with Crippen LogP contribution in [-0.4, -0.2) is 30.3 Å². The lowest BCUT2D eigenvalue weighted by atomic mass is 9.80. The van der Waals surface area contributed by atoms with Crippen molar-refractivity contribution in [2.24, 2.45) is 0 Å². The lowest BCUT2D eigenvalue weighted by Crippen LogP contribution is -2.52. The van der Waals surface area contributed by atoms with Gasteiger partial charge in [0.1, 0.15) is 0 Å². The van der Waals surface area contributed by atoms with E-state index < -0.39 is 5.54 Å². The van der Waals surface area contributed by atoms with Crippen LogP contribution in [0.1, 0.15) is 29.3 Å². The van der Waals surface area contributed by atoms with Crippen LogP contribution in [0.25, 0.3) is 0 Å². The molecule has 23 heavy (non-hydrogen) atoms. The molecule has 1 atom stereocenters. The smallest absolute Gasteiger partial charge is 0.183 e. The molecule has 0 spiro atoms. The second-order valence-electron chi connectivity index (χ2n) is 5.93. The zero-order chi connectivity index (χ0) is 17.0. The van der Waals surface area contributed by atoms with E-state index in [2.05, 4.69) is 0 Å². The number of benzene rings is 2. The Morgan fingerprint density at radius 2 is 1.61 bits per heavy atom. The fourth-order valence-corrected chi connectivity index (χ4v) is 3.46. The number of ketones is 1. The normalized spacial score (nSPS) is 13.8. The lowest BCUT2D eigenvalue weighted by molar-refractivity contribution is 0.0666. The Morgan fingerprint density at radius 1 is 1.04 bits per heavy atom. The molecule has 2 aromatic carbocycles. The van der Waals surface area contributed by atoms with Crippen molar-refractivity contribution in [1.82, 2.24) is 4.90 Å². The third kappa shape index (κ3) is 3.95. The van der Waals surface area contributed by atoms with Gasteiger partial charge in [-0.05, 0) is 50.7 Å². The van der Waals surface area contributed by atoms with Crippen molar-refractivity contribution in [3.63, 3.8) is 0 Å². The first-order chi connectivity index (χ1) is 10.9. The van der Waals surface area contributed by atoms with E-state index in [0.717, 1.165) is 5.56 Å². The van der Waals surface area contributed by atoms with E-state index in [0.29, 0.717) is 28.5 Å². The van der Waals surface area contributed by atoms with Crippen molar-refractivity contribution in [3.05, 3.63) is 69.7 Å². The maximum absolute atomic E-state index is 13.3. The number of hydrogen-bond acceptors (Lipinski definition) is 2. The van der Waals surface area contributed by atoms with Crippen LogP contribution in [0.3, 0.4) is 0 Å². The highest BCUT2D eigenvalue weighted by Gasteiger charge is 2.39. The molecule has 0 aromatic heterocycles. The number of Topliss-reactive ketones (excluding diaryl/α,β-unsaturated/α-hetero) is 1. The van der Waals surface area contributed by atoms with E-state index in [1.165, 1.54) is 0 Å². The summed E-state index contributed by atoms with van der Waals surface area (Å²) in [7, 11) is 3.88. The molecule has 0 saturated carbocycles.